The molecular formula is C13H24O2Si. The van der Waals surface area contributed by atoms with E-state index in [1.54, 1.807) is 13.0 Å². The monoisotopic (exact) mass is 240 g/mol. The van der Waals surface area contributed by atoms with Crippen LogP contribution in [-0.2, 0) is 9.22 Å². The first-order valence-corrected chi connectivity index (χ1v) is 7.54. The highest BCUT2D eigenvalue weighted by Crippen LogP contribution is 2.46. The van der Waals surface area contributed by atoms with Crippen molar-refractivity contribution in [2.45, 2.75) is 58.4 Å². The molecule has 2 unspecified atom stereocenters. The lowest BCUT2D eigenvalue weighted by molar-refractivity contribution is -0.112. The summed E-state index contributed by atoms with van der Waals surface area (Å²) in [5.41, 5.74) is 0. The molecule has 1 rings (SSSR count). The molecule has 0 radical (unpaired) electrons. The van der Waals surface area contributed by atoms with E-state index in [1.165, 1.54) is 25.7 Å². The van der Waals surface area contributed by atoms with Gasteiger partial charge in [-0.15, -0.1) is 0 Å². The van der Waals surface area contributed by atoms with Crippen molar-refractivity contribution < 1.29 is 9.22 Å². The van der Waals surface area contributed by atoms with Crippen molar-refractivity contribution >= 4 is 15.5 Å². The molecular weight excluding hydrogens is 216 g/mol. The summed E-state index contributed by atoms with van der Waals surface area (Å²) in [7, 11) is -0.589. The second-order valence-electron chi connectivity index (χ2n) is 5.46. The summed E-state index contributed by atoms with van der Waals surface area (Å²) < 4.78 is 5.84. The van der Waals surface area contributed by atoms with Crippen molar-refractivity contribution in [1.29, 1.82) is 0 Å². The molecule has 0 aromatic rings. The van der Waals surface area contributed by atoms with E-state index in [9.17, 15) is 4.79 Å². The summed E-state index contributed by atoms with van der Waals surface area (Å²) in [6.07, 6.45) is 6.94. The first-order valence-electron chi connectivity index (χ1n) is 6.26. The molecule has 1 saturated carbocycles. The third-order valence-corrected chi connectivity index (χ3v) is 6.17. The average Bonchev–Trinajstić information content (AvgIpc) is 2.19. The van der Waals surface area contributed by atoms with Crippen LogP contribution in [0.4, 0.5) is 0 Å². The van der Waals surface area contributed by atoms with Crippen LogP contribution < -0.4 is 0 Å². The van der Waals surface area contributed by atoms with Gasteiger partial charge in [-0.3, -0.25) is 4.79 Å². The number of carbonyl (C=O) groups is 1. The molecule has 1 fully saturated rings. The van der Waals surface area contributed by atoms with Crippen LogP contribution in [0.1, 0.15) is 53.4 Å². The van der Waals surface area contributed by atoms with E-state index in [2.05, 4.69) is 13.8 Å². The molecule has 0 aromatic carbocycles. The molecule has 3 heteroatoms. The highest BCUT2D eigenvalue weighted by atomic mass is 28.2. The standard InChI is InChI=1S/C13H24O2Si/c1-10-7-5-6-8-13(10,4)16-15-12(3)9-11(2)14/h9-10H,5-8,16H2,1-4H3/b12-9-. The van der Waals surface area contributed by atoms with Crippen molar-refractivity contribution in [3.8, 4) is 0 Å². The van der Waals surface area contributed by atoms with Crippen LogP contribution in [0, 0.1) is 5.92 Å². The van der Waals surface area contributed by atoms with Crippen molar-refractivity contribution in [2.24, 2.45) is 5.92 Å². The number of ketones is 1. The summed E-state index contributed by atoms with van der Waals surface area (Å²) in [6.45, 7) is 8.17. The topological polar surface area (TPSA) is 26.3 Å². The van der Waals surface area contributed by atoms with E-state index >= 15 is 0 Å². The normalized spacial score (nSPS) is 32.0. The second-order valence-corrected chi connectivity index (χ2v) is 7.65. The summed E-state index contributed by atoms with van der Waals surface area (Å²) in [4.78, 5) is 10.9. The minimum absolute atomic E-state index is 0.0772. The van der Waals surface area contributed by atoms with Gasteiger partial charge in [0.15, 0.2) is 5.78 Å². The van der Waals surface area contributed by atoms with E-state index in [0.717, 1.165) is 11.7 Å². The predicted molar refractivity (Wildman–Crippen MR) is 70.1 cm³/mol. The molecule has 1 aliphatic rings. The molecule has 16 heavy (non-hydrogen) atoms. The Morgan fingerprint density at radius 1 is 1.44 bits per heavy atom. The maximum absolute atomic E-state index is 10.9. The Labute approximate surface area is 101 Å². The van der Waals surface area contributed by atoms with Crippen molar-refractivity contribution in [3.05, 3.63) is 11.8 Å². The van der Waals surface area contributed by atoms with E-state index in [0.29, 0.717) is 5.04 Å². The van der Waals surface area contributed by atoms with Gasteiger partial charge in [0.05, 0.1) is 5.76 Å². The van der Waals surface area contributed by atoms with Crippen molar-refractivity contribution in [1.82, 2.24) is 0 Å². The van der Waals surface area contributed by atoms with Gasteiger partial charge in [-0.25, -0.2) is 0 Å². The van der Waals surface area contributed by atoms with Crippen LogP contribution in [0.2, 0.25) is 5.04 Å². The van der Waals surface area contributed by atoms with Gasteiger partial charge in [-0.05, 0) is 31.2 Å². The minimum atomic E-state index is -0.589. The summed E-state index contributed by atoms with van der Waals surface area (Å²) in [5.74, 6) is 1.66. The quantitative estimate of drug-likeness (QED) is 0.429. The summed E-state index contributed by atoms with van der Waals surface area (Å²) >= 11 is 0. The van der Waals surface area contributed by atoms with Gasteiger partial charge < -0.3 is 4.43 Å². The van der Waals surface area contributed by atoms with Gasteiger partial charge in [0.1, 0.15) is 0 Å². The number of hydrogen-bond acceptors (Lipinski definition) is 2. The predicted octanol–water partition coefficient (Wildman–Crippen LogP) is 2.97. The van der Waals surface area contributed by atoms with Gasteiger partial charge in [0.25, 0.3) is 0 Å². The molecule has 1 aliphatic carbocycles. The first kappa shape index (κ1) is 13.5. The number of carbonyl (C=O) groups excluding carboxylic acids is 1. The van der Waals surface area contributed by atoms with Gasteiger partial charge in [-0.1, -0.05) is 33.1 Å². The maximum Gasteiger partial charge on any atom is 0.225 e. The smallest absolute Gasteiger partial charge is 0.225 e. The van der Waals surface area contributed by atoms with Crippen LogP contribution >= 0.6 is 0 Å². The molecule has 0 N–H and O–H groups in total. The van der Waals surface area contributed by atoms with Gasteiger partial charge in [-0.2, -0.15) is 0 Å². The Bertz CT molecular complexity index is 286. The van der Waals surface area contributed by atoms with Crippen LogP contribution in [0.5, 0.6) is 0 Å². The van der Waals surface area contributed by atoms with Crippen LogP contribution in [0.25, 0.3) is 0 Å². The minimum Gasteiger partial charge on any atom is -0.552 e. The Balaban J connectivity index is 2.49. The maximum atomic E-state index is 10.9. The van der Waals surface area contributed by atoms with E-state index in [1.807, 2.05) is 6.92 Å². The highest BCUT2D eigenvalue weighted by molar-refractivity contribution is 6.32. The van der Waals surface area contributed by atoms with E-state index in [-0.39, 0.29) is 5.78 Å². The van der Waals surface area contributed by atoms with Crippen molar-refractivity contribution in [2.75, 3.05) is 0 Å². The molecule has 0 amide bonds. The van der Waals surface area contributed by atoms with Gasteiger partial charge in [0.2, 0.25) is 9.76 Å². The molecule has 0 saturated heterocycles. The molecule has 0 bridgehead atoms. The molecule has 92 valence electrons. The third-order valence-electron chi connectivity index (χ3n) is 3.86. The largest absolute Gasteiger partial charge is 0.552 e. The molecule has 2 nitrogen and oxygen atoms in total. The average molecular weight is 240 g/mol. The fourth-order valence-corrected chi connectivity index (χ4v) is 3.92. The third kappa shape index (κ3) is 3.78. The Morgan fingerprint density at radius 2 is 2.12 bits per heavy atom. The van der Waals surface area contributed by atoms with Crippen LogP contribution in [-0.4, -0.2) is 15.5 Å². The molecule has 0 aromatic heterocycles. The van der Waals surface area contributed by atoms with Crippen LogP contribution in [0.3, 0.4) is 0 Å². The zero-order chi connectivity index (χ0) is 12.2. The zero-order valence-corrected chi connectivity index (χ0v) is 12.4. The Kier molecular flexibility index (Phi) is 4.78. The van der Waals surface area contributed by atoms with Gasteiger partial charge in [0, 0.05) is 6.08 Å². The fourth-order valence-electron chi connectivity index (χ4n) is 2.40. The van der Waals surface area contributed by atoms with Gasteiger partial charge >= 0.3 is 0 Å². The Morgan fingerprint density at radius 3 is 2.69 bits per heavy atom. The molecule has 2 atom stereocenters. The van der Waals surface area contributed by atoms with E-state index < -0.39 is 9.76 Å². The first-order chi connectivity index (χ1) is 7.44. The zero-order valence-electron chi connectivity index (χ0n) is 11.0. The summed E-state index contributed by atoms with van der Waals surface area (Å²) in [5, 5.41) is 0.421. The van der Waals surface area contributed by atoms with Crippen LogP contribution in [0.15, 0.2) is 11.8 Å². The molecule has 0 spiro atoms. The van der Waals surface area contributed by atoms with E-state index in [4.69, 9.17) is 4.43 Å². The number of hydrogen-bond donors (Lipinski definition) is 0. The SMILES string of the molecule is CC(=O)/C=C(/C)O[SiH2]C1(C)CCCCC1C. The molecule has 0 heterocycles. The number of rotatable bonds is 4. The number of allylic oxidation sites excluding steroid dienone is 2. The molecule has 0 aliphatic heterocycles. The van der Waals surface area contributed by atoms with Crippen molar-refractivity contribution in [3.63, 3.8) is 0 Å². The fraction of sp³-hybridized carbons (Fsp3) is 0.769. The highest BCUT2D eigenvalue weighted by Gasteiger charge is 2.35. The lowest BCUT2D eigenvalue weighted by Crippen LogP contribution is -2.29. The lowest BCUT2D eigenvalue weighted by atomic mass is 9.81. The second kappa shape index (κ2) is 5.67. The Hall–Kier alpha value is -0.573. The lowest BCUT2D eigenvalue weighted by Gasteiger charge is -2.39. The summed E-state index contributed by atoms with van der Waals surface area (Å²) in [6, 6.07) is 0.